The van der Waals surface area contributed by atoms with Gasteiger partial charge < -0.3 is 5.11 Å². The molecular formula is C10H13BrF3NO3S2. The molecule has 0 bridgehead atoms. The van der Waals surface area contributed by atoms with Crippen molar-refractivity contribution in [1.82, 2.24) is 4.31 Å². The van der Waals surface area contributed by atoms with Gasteiger partial charge in [0.2, 0.25) is 10.0 Å². The third-order valence-corrected chi connectivity index (χ3v) is 6.62. The van der Waals surface area contributed by atoms with Crippen molar-refractivity contribution in [2.75, 3.05) is 6.54 Å². The zero-order valence-electron chi connectivity index (χ0n) is 10.6. The number of hydrogen-bond donors (Lipinski definition) is 1. The first-order chi connectivity index (χ1) is 8.99. The van der Waals surface area contributed by atoms with E-state index in [2.05, 4.69) is 15.9 Å². The van der Waals surface area contributed by atoms with Gasteiger partial charge in [0, 0.05) is 10.9 Å². The van der Waals surface area contributed by atoms with E-state index >= 15 is 0 Å². The predicted octanol–water partition coefficient (Wildman–Crippen LogP) is 2.96. The molecule has 10 heteroatoms. The molecule has 0 spiro atoms. The molecule has 0 amide bonds. The van der Waals surface area contributed by atoms with Crippen LogP contribution in [-0.4, -0.2) is 36.6 Å². The molecule has 0 aromatic carbocycles. The molecule has 0 fully saturated rings. The van der Waals surface area contributed by atoms with Crippen LogP contribution in [-0.2, 0) is 16.6 Å². The fourth-order valence-corrected chi connectivity index (χ4v) is 5.62. The Labute approximate surface area is 127 Å². The number of halogens is 4. The van der Waals surface area contributed by atoms with Crippen LogP contribution in [0.3, 0.4) is 0 Å². The van der Waals surface area contributed by atoms with Gasteiger partial charge in [-0.25, -0.2) is 8.42 Å². The van der Waals surface area contributed by atoms with Crippen molar-refractivity contribution >= 4 is 37.3 Å². The highest BCUT2D eigenvalue weighted by Gasteiger charge is 2.39. The number of alkyl halides is 3. The van der Waals surface area contributed by atoms with Gasteiger partial charge in [-0.2, -0.15) is 17.5 Å². The highest BCUT2D eigenvalue weighted by atomic mass is 79.9. The van der Waals surface area contributed by atoms with E-state index in [9.17, 15) is 21.6 Å². The van der Waals surface area contributed by atoms with Crippen molar-refractivity contribution in [3.05, 3.63) is 14.7 Å². The van der Waals surface area contributed by atoms with Gasteiger partial charge in [0.05, 0.1) is 10.4 Å². The Morgan fingerprint density at radius 1 is 1.45 bits per heavy atom. The van der Waals surface area contributed by atoms with Crippen LogP contribution in [0.4, 0.5) is 13.2 Å². The predicted molar refractivity (Wildman–Crippen MR) is 73.0 cm³/mol. The van der Waals surface area contributed by atoms with Gasteiger partial charge in [0.15, 0.2) is 0 Å². The average Bonchev–Trinajstić information content (AvgIpc) is 2.66. The summed E-state index contributed by atoms with van der Waals surface area (Å²) in [5.41, 5.74) is 0. The molecule has 1 aromatic rings. The minimum Gasteiger partial charge on any atom is -0.391 e. The number of aliphatic hydroxyl groups excluding tert-OH is 1. The topological polar surface area (TPSA) is 57.6 Å². The van der Waals surface area contributed by atoms with Gasteiger partial charge in [-0.05, 0) is 35.8 Å². The molecule has 0 radical (unpaired) electrons. The molecule has 0 aliphatic carbocycles. The second kappa shape index (κ2) is 6.30. The molecular weight excluding hydrogens is 383 g/mol. The van der Waals surface area contributed by atoms with E-state index in [0.717, 1.165) is 11.3 Å². The lowest BCUT2D eigenvalue weighted by Crippen LogP contribution is -2.43. The Hall–Kier alpha value is -0.160. The molecule has 0 unspecified atom stereocenters. The third kappa shape index (κ3) is 4.17. The molecule has 0 aliphatic heterocycles. The maximum absolute atomic E-state index is 12.5. The van der Waals surface area contributed by atoms with E-state index in [1.165, 1.54) is 19.9 Å². The van der Waals surface area contributed by atoms with E-state index < -0.39 is 28.8 Å². The van der Waals surface area contributed by atoms with Crippen LogP contribution in [0.1, 0.15) is 18.7 Å². The summed E-state index contributed by atoms with van der Waals surface area (Å²) in [6.45, 7) is 0.816. The lowest BCUT2D eigenvalue weighted by Gasteiger charge is -2.26. The van der Waals surface area contributed by atoms with Crippen molar-refractivity contribution in [1.29, 1.82) is 0 Å². The zero-order chi connectivity index (χ0) is 15.7. The highest BCUT2D eigenvalue weighted by molar-refractivity contribution is 9.11. The SMILES string of the molecule is CC(C)N(CC(F)(F)F)S(=O)(=O)c1cc(CO)sc1Br. The first kappa shape index (κ1) is 17.9. The third-order valence-electron chi connectivity index (χ3n) is 2.36. The first-order valence-electron chi connectivity index (χ1n) is 5.46. The van der Waals surface area contributed by atoms with Gasteiger partial charge in [-0.15, -0.1) is 11.3 Å². The van der Waals surface area contributed by atoms with E-state index in [-0.39, 0.29) is 15.3 Å². The van der Waals surface area contributed by atoms with Gasteiger partial charge >= 0.3 is 6.18 Å². The van der Waals surface area contributed by atoms with Crippen molar-refractivity contribution in [3.8, 4) is 0 Å². The highest BCUT2D eigenvalue weighted by Crippen LogP contribution is 2.35. The number of rotatable bonds is 5. The van der Waals surface area contributed by atoms with Crippen LogP contribution in [0, 0.1) is 0 Å². The molecule has 0 saturated heterocycles. The molecule has 1 aromatic heterocycles. The molecule has 1 N–H and O–H groups in total. The quantitative estimate of drug-likeness (QED) is 0.833. The van der Waals surface area contributed by atoms with Crippen LogP contribution >= 0.6 is 27.3 Å². The van der Waals surface area contributed by atoms with Crippen molar-refractivity contribution in [2.24, 2.45) is 0 Å². The standard InChI is InChI=1S/C10H13BrF3NO3S2/c1-6(2)15(5-10(12,13)14)20(17,18)8-3-7(4-16)19-9(8)11/h3,6,16H,4-5H2,1-2H3. The van der Waals surface area contributed by atoms with Gasteiger partial charge in [0.1, 0.15) is 11.4 Å². The summed E-state index contributed by atoms with van der Waals surface area (Å²) < 4.78 is 62.8. The Balaban J connectivity index is 3.26. The summed E-state index contributed by atoms with van der Waals surface area (Å²) in [6, 6.07) is 0.335. The molecule has 0 saturated carbocycles. The number of nitrogens with zero attached hydrogens (tertiary/aromatic N) is 1. The van der Waals surface area contributed by atoms with Crippen molar-refractivity contribution in [2.45, 2.75) is 37.6 Å². The molecule has 1 rings (SSSR count). The van der Waals surface area contributed by atoms with E-state index in [1.54, 1.807) is 0 Å². The molecule has 0 atom stereocenters. The van der Waals surface area contributed by atoms with Crippen LogP contribution < -0.4 is 0 Å². The second-order valence-corrected chi connectivity index (χ2v) is 8.58. The Kier molecular flexibility index (Phi) is 5.64. The maximum atomic E-state index is 12.5. The average molecular weight is 396 g/mol. The normalized spacial score (nSPS) is 13.4. The summed E-state index contributed by atoms with van der Waals surface area (Å²) in [6.07, 6.45) is -4.63. The molecule has 0 aliphatic rings. The largest absolute Gasteiger partial charge is 0.402 e. The summed E-state index contributed by atoms with van der Waals surface area (Å²) in [5, 5.41) is 8.98. The molecule has 116 valence electrons. The van der Waals surface area contributed by atoms with Crippen molar-refractivity contribution < 1.29 is 26.7 Å². The first-order valence-corrected chi connectivity index (χ1v) is 8.51. The lowest BCUT2D eigenvalue weighted by molar-refractivity contribution is -0.138. The lowest BCUT2D eigenvalue weighted by atomic mass is 10.4. The fourth-order valence-electron chi connectivity index (χ4n) is 1.50. The van der Waals surface area contributed by atoms with Gasteiger partial charge in [0.25, 0.3) is 0 Å². The number of thiophene rings is 1. The maximum Gasteiger partial charge on any atom is 0.402 e. The second-order valence-electron chi connectivity index (χ2n) is 4.27. The minimum atomic E-state index is -4.63. The minimum absolute atomic E-state index is 0.175. The summed E-state index contributed by atoms with van der Waals surface area (Å²) in [7, 11) is -4.29. The molecule has 4 nitrogen and oxygen atoms in total. The fraction of sp³-hybridized carbons (Fsp3) is 0.600. The molecule has 1 heterocycles. The van der Waals surface area contributed by atoms with Crippen LogP contribution in [0.15, 0.2) is 14.7 Å². The Morgan fingerprint density at radius 2 is 2.00 bits per heavy atom. The number of hydrogen-bond acceptors (Lipinski definition) is 4. The van der Waals surface area contributed by atoms with E-state index in [0.29, 0.717) is 9.18 Å². The van der Waals surface area contributed by atoms with Crippen molar-refractivity contribution in [3.63, 3.8) is 0 Å². The molecule has 20 heavy (non-hydrogen) atoms. The van der Waals surface area contributed by atoms with E-state index in [1.807, 2.05) is 0 Å². The zero-order valence-corrected chi connectivity index (χ0v) is 13.8. The number of aliphatic hydroxyl groups is 1. The van der Waals surface area contributed by atoms with Crippen LogP contribution in [0.5, 0.6) is 0 Å². The Morgan fingerprint density at radius 3 is 2.35 bits per heavy atom. The van der Waals surface area contributed by atoms with Gasteiger partial charge in [-0.1, -0.05) is 0 Å². The summed E-state index contributed by atoms with van der Waals surface area (Å²) in [4.78, 5) is 0.0932. The Bertz CT molecular complexity index is 569. The summed E-state index contributed by atoms with van der Waals surface area (Å²) in [5.74, 6) is 0. The van der Waals surface area contributed by atoms with Gasteiger partial charge in [-0.3, -0.25) is 0 Å². The van der Waals surface area contributed by atoms with Crippen LogP contribution in [0.2, 0.25) is 0 Å². The monoisotopic (exact) mass is 395 g/mol. The van der Waals surface area contributed by atoms with E-state index in [4.69, 9.17) is 5.11 Å². The van der Waals surface area contributed by atoms with Crippen LogP contribution in [0.25, 0.3) is 0 Å². The number of sulfonamides is 1. The smallest absolute Gasteiger partial charge is 0.391 e. The summed E-state index contributed by atoms with van der Waals surface area (Å²) >= 11 is 3.98.